The number of nitriles is 1. The third-order valence-electron chi connectivity index (χ3n) is 4.49. The third kappa shape index (κ3) is 5.43. The van der Waals surface area contributed by atoms with E-state index in [2.05, 4.69) is 18.0 Å². The molecule has 1 heterocycles. The maximum absolute atomic E-state index is 13.0. The van der Waals surface area contributed by atoms with Crippen LogP contribution in [0.5, 0.6) is 0 Å². The number of rotatable bonds is 8. The van der Waals surface area contributed by atoms with E-state index in [4.69, 9.17) is 5.26 Å². The zero-order chi connectivity index (χ0) is 21.3. The topological polar surface area (TPSA) is 73.2 Å². The highest BCUT2D eigenvalue weighted by atomic mass is 32.1. The van der Waals surface area contributed by atoms with Crippen molar-refractivity contribution >= 4 is 23.2 Å². The molecule has 0 saturated heterocycles. The molecule has 0 bridgehead atoms. The Balaban J connectivity index is 1.63. The number of hydrogen-bond donors (Lipinski definition) is 1. The summed E-state index contributed by atoms with van der Waals surface area (Å²) in [7, 11) is 0. The first kappa shape index (κ1) is 21.0. The fourth-order valence-corrected chi connectivity index (χ4v) is 3.55. The highest BCUT2D eigenvalue weighted by Crippen LogP contribution is 2.13. The van der Waals surface area contributed by atoms with Gasteiger partial charge in [-0.1, -0.05) is 36.4 Å². The zero-order valence-corrected chi connectivity index (χ0v) is 17.2. The molecule has 150 valence electrons. The predicted octanol–water partition coefficient (Wildman–Crippen LogP) is 4.38. The maximum Gasteiger partial charge on any atom is 0.261 e. The Bertz CT molecular complexity index is 1050. The van der Waals surface area contributed by atoms with E-state index in [9.17, 15) is 9.59 Å². The van der Waals surface area contributed by atoms with E-state index in [-0.39, 0.29) is 11.8 Å². The molecule has 0 aliphatic carbocycles. The molecule has 1 N–H and O–H groups in total. The van der Waals surface area contributed by atoms with E-state index in [0.717, 1.165) is 11.1 Å². The fourth-order valence-electron chi connectivity index (χ4n) is 2.91. The number of nitrogens with zero attached hydrogens (tertiary/aromatic N) is 2. The summed E-state index contributed by atoms with van der Waals surface area (Å²) in [6.45, 7) is 4.98. The van der Waals surface area contributed by atoms with Crippen LogP contribution in [-0.4, -0.2) is 23.3 Å². The molecule has 0 unspecified atom stereocenters. The number of nitrogens with one attached hydrogen (secondary N) is 1. The molecule has 0 fully saturated rings. The first-order chi connectivity index (χ1) is 14.6. The lowest BCUT2D eigenvalue weighted by molar-refractivity contribution is 0.0762. The average Bonchev–Trinajstić information content (AvgIpc) is 3.33. The van der Waals surface area contributed by atoms with Crippen molar-refractivity contribution in [2.45, 2.75) is 13.1 Å². The van der Waals surface area contributed by atoms with Gasteiger partial charge in [0, 0.05) is 25.2 Å². The summed E-state index contributed by atoms with van der Waals surface area (Å²) in [5, 5.41) is 13.7. The van der Waals surface area contributed by atoms with Gasteiger partial charge in [-0.05, 0) is 46.8 Å². The van der Waals surface area contributed by atoms with Gasteiger partial charge in [-0.2, -0.15) is 5.26 Å². The summed E-state index contributed by atoms with van der Waals surface area (Å²) in [6, 6.07) is 20.1. The lowest BCUT2D eigenvalue weighted by Crippen LogP contribution is -2.30. The van der Waals surface area contributed by atoms with Crippen molar-refractivity contribution in [3.05, 3.63) is 106 Å². The molecule has 0 aliphatic heterocycles. The van der Waals surface area contributed by atoms with Crippen molar-refractivity contribution in [3.8, 4) is 6.07 Å². The number of carbonyl (C=O) groups excluding carboxylic acids is 2. The number of thiophene rings is 1. The van der Waals surface area contributed by atoms with Gasteiger partial charge < -0.3 is 10.2 Å². The number of hydrogen-bond acceptors (Lipinski definition) is 4. The maximum atomic E-state index is 13.0. The molecule has 0 saturated carbocycles. The van der Waals surface area contributed by atoms with Crippen molar-refractivity contribution in [3.63, 3.8) is 0 Å². The molecule has 6 heteroatoms. The minimum absolute atomic E-state index is 0.103. The lowest BCUT2D eigenvalue weighted by atomic mass is 10.1. The first-order valence-corrected chi connectivity index (χ1v) is 10.3. The van der Waals surface area contributed by atoms with Gasteiger partial charge >= 0.3 is 0 Å². The van der Waals surface area contributed by atoms with Crippen LogP contribution in [0.1, 0.15) is 36.7 Å². The second-order valence-electron chi connectivity index (χ2n) is 6.64. The number of carbonyl (C=O) groups is 2. The van der Waals surface area contributed by atoms with Gasteiger partial charge in [0.05, 0.1) is 16.5 Å². The quantitative estimate of drug-likeness (QED) is 0.555. The van der Waals surface area contributed by atoms with E-state index in [0.29, 0.717) is 35.6 Å². The van der Waals surface area contributed by atoms with Crippen LogP contribution in [0.2, 0.25) is 0 Å². The summed E-state index contributed by atoms with van der Waals surface area (Å²) in [4.78, 5) is 27.4. The average molecular weight is 416 g/mol. The molecule has 3 rings (SSSR count). The molecule has 5 nitrogen and oxygen atoms in total. The van der Waals surface area contributed by atoms with E-state index in [1.54, 1.807) is 41.3 Å². The number of benzene rings is 2. The Hall–Kier alpha value is -3.69. The highest BCUT2D eigenvalue weighted by Gasteiger charge is 2.15. The molecule has 2 aromatic carbocycles. The Labute approximate surface area is 179 Å². The normalized spacial score (nSPS) is 10.1. The fraction of sp³-hybridized carbons (Fsp3) is 0.125. The summed E-state index contributed by atoms with van der Waals surface area (Å²) in [5.74, 6) is -0.210. The van der Waals surface area contributed by atoms with Crippen molar-refractivity contribution in [1.29, 1.82) is 5.26 Å². The Morgan fingerprint density at radius 3 is 2.37 bits per heavy atom. The molecule has 3 aromatic rings. The van der Waals surface area contributed by atoms with Gasteiger partial charge in [0.25, 0.3) is 11.8 Å². The van der Waals surface area contributed by atoms with Crippen LogP contribution >= 0.6 is 11.3 Å². The summed E-state index contributed by atoms with van der Waals surface area (Å²) in [5.41, 5.74) is 3.01. The van der Waals surface area contributed by atoms with Gasteiger partial charge in [0.2, 0.25) is 0 Å². The minimum Gasteiger partial charge on any atom is -0.347 e. The van der Waals surface area contributed by atoms with Crippen molar-refractivity contribution in [2.75, 3.05) is 6.54 Å². The lowest BCUT2D eigenvalue weighted by Gasteiger charge is -2.21. The molecule has 1 aromatic heterocycles. The monoisotopic (exact) mass is 415 g/mol. The van der Waals surface area contributed by atoms with Gasteiger partial charge in [-0.15, -0.1) is 17.9 Å². The largest absolute Gasteiger partial charge is 0.347 e. The molecular weight excluding hydrogens is 394 g/mol. The Kier molecular flexibility index (Phi) is 7.14. The highest BCUT2D eigenvalue weighted by molar-refractivity contribution is 7.12. The first-order valence-electron chi connectivity index (χ1n) is 9.40. The molecule has 0 spiro atoms. The van der Waals surface area contributed by atoms with Gasteiger partial charge in [0.1, 0.15) is 0 Å². The number of amides is 2. The van der Waals surface area contributed by atoms with E-state index in [1.165, 1.54) is 11.3 Å². The SMILES string of the molecule is C=CCN(Cc1ccc(C#N)cc1)C(=O)c1ccc(CNC(=O)c2cccs2)cc1. The second-order valence-corrected chi connectivity index (χ2v) is 7.59. The van der Waals surface area contributed by atoms with Gasteiger partial charge in [-0.3, -0.25) is 9.59 Å². The van der Waals surface area contributed by atoms with Crippen LogP contribution in [0.15, 0.2) is 78.7 Å². The van der Waals surface area contributed by atoms with Gasteiger partial charge in [-0.25, -0.2) is 0 Å². The van der Waals surface area contributed by atoms with Crippen LogP contribution in [-0.2, 0) is 13.1 Å². The Morgan fingerprint density at radius 1 is 1.07 bits per heavy atom. The van der Waals surface area contributed by atoms with Crippen LogP contribution in [0.25, 0.3) is 0 Å². The third-order valence-corrected chi connectivity index (χ3v) is 5.36. The molecule has 2 amide bonds. The van der Waals surface area contributed by atoms with E-state index in [1.807, 2.05) is 35.7 Å². The van der Waals surface area contributed by atoms with E-state index < -0.39 is 0 Å². The molecular formula is C24H21N3O2S. The summed E-state index contributed by atoms with van der Waals surface area (Å²) < 4.78 is 0. The minimum atomic E-state index is -0.107. The standard InChI is InChI=1S/C24H21N3O2S/c1-2-13-27(17-20-7-5-18(15-25)6-8-20)24(29)21-11-9-19(10-12-21)16-26-23(28)22-4-3-14-30-22/h2-12,14H,1,13,16-17H2,(H,26,28). The molecule has 30 heavy (non-hydrogen) atoms. The van der Waals surface area contributed by atoms with E-state index >= 15 is 0 Å². The molecule has 0 atom stereocenters. The van der Waals surface area contributed by atoms with Crippen molar-refractivity contribution in [2.24, 2.45) is 0 Å². The van der Waals surface area contributed by atoms with Crippen LogP contribution in [0.4, 0.5) is 0 Å². The van der Waals surface area contributed by atoms with Crippen molar-refractivity contribution in [1.82, 2.24) is 10.2 Å². The van der Waals surface area contributed by atoms with Crippen LogP contribution < -0.4 is 5.32 Å². The van der Waals surface area contributed by atoms with Crippen molar-refractivity contribution < 1.29 is 9.59 Å². The predicted molar refractivity (Wildman–Crippen MR) is 118 cm³/mol. The van der Waals surface area contributed by atoms with Crippen LogP contribution in [0, 0.1) is 11.3 Å². The van der Waals surface area contributed by atoms with Gasteiger partial charge in [0.15, 0.2) is 0 Å². The Morgan fingerprint density at radius 2 is 1.77 bits per heavy atom. The van der Waals surface area contributed by atoms with Crippen LogP contribution in [0.3, 0.4) is 0 Å². The molecule has 0 aliphatic rings. The smallest absolute Gasteiger partial charge is 0.261 e. The summed E-state index contributed by atoms with van der Waals surface area (Å²) in [6.07, 6.45) is 1.69. The second kappa shape index (κ2) is 10.2. The summed E-state index contributed by atoms with van der Waals surface area (Å²) >= 11 is 1.40. The zero-order valence-electron chi connectivity index (χ0n) is 16.4. The molecule has 0 radical (unpaired) electrons.